The molecule has 17 nitrogen and oxygen atoms in total. The van der Waals surface area contributed by atoms with E-state index in [4.69, 9.17) is 37.0 Å². The molecule has 0 aromatic rings. The lowest BCUT2D eigenvalue weighted by atomic mass is 10.0. The molecule has 0 saturated heterocycles. The molecule has 3 N–H and O–H groups in total. The van der Waals surface area contributed by atoms with Crippen molar-refractivity contribution < 1.29 is 80.2 Å². The molecule has 19 heteroatoms. The summed E-state index contributed by atoms with van der Waals surface area (Å²) in [6.07, 6.45) is 89.8. The van der Waals surface area contributed by atoms with Gasteiger partial charge in [-0.05, 0) is 135 Å². The monoisotopic (exact) mass is 1530 g/mol. The van der Waals surface area contributed by atoms with Gasteiger partial charge in [0.15, 0.2) is 12.2 Å². The zero-order valence-electron chi connectivity index (χ0n) is 66.3. The predicted molar refractivity (Wildman–Crippen MR) is 436 cm³/mol. The van der Waals surface area contributed by atoms with Gasteiger partial charge in [0.05, 0.1) is 26.4 Å². The molecular formula is C87H146O17P2. The van der Waals surface area contributed by atoms with E-state index < -0.39 is 97.5 Å². The van der Waals surface area contributed by atoms with E-state index in [2.05, 4.69) is 155 Å². The third-order valence-corrected chi connectivity index (χ3v) is 18.7. The molecule has 106 heavy (non-hydrogen) atoms. The van der Waals surface area contributed by atoms with Crippen molar-refractivity contribution in [1.29, 1.82) is 0 Å². The Morgan fingerprint density at radius 2 is 0.509 bits per heavy atom. The van der Waals surface area contributed by atoms with Gasteiger partial charge < -0.3 is 33.8 Å². The van der Waals surface area contributed by atoms with Crippen LogP contribution in [0.15, 0.2) is 146 Å². The maximum Gasteiger partial charge on any atom is 0.472 e. The molecule has 0 spiro atoms. The zero-order valence-corrected chi connectivity index (χ0v) is 68.1. The van der Waals surface area contributed by atoms with Gasteiger partial charge in [0, 0.05) is 25.7 Å². The fraction of sp³-hybridized carbons (Fsp3) is 0.678. The number of unbranched alkanes of at least 4 members (excludes halogenated alkanes) is 26. The van der Waals surface area contributed by atoms with Crippen LogP contribution >= 0.6 is 15.6 Å². The van der Waals surface area contributed by atoms with E-state index in [0.29, 0.717) is 32.1 Å². The van der Waals surface area contributed by atoms with Gasteiger partial charge in [0.25, 0.3) is 0 Å². The largest absolute Gasteiger partial charge is 0.472 e. The number of hydrogen-bond acceptors (Lipinski definition) is 15. The van der Waals surface area contributed by atoms with E-state index in [9.17, 15) is 43.2 Å². The SMILES string of the molecule is CC/C=C\C/C=C\C/C=C\C/C=C\C/C=C\C/C=C\CCC(=O)OCC(COP(=O)(O)OCC(O)COP(=O)(O)OCC(COC(=O)CCCCC/C=C\C/C=C\C/C=C\C/C=C\C/C=C\CC)OC(=O)CCCCCCCCCCCCCCCCC)OC(=O)CCCCCCC/C=C\CCCCCC. The molecule has 0 saturated carbocycles. The van der Waals surface area contributed by atoms with Crippen LogP contribution in [-0.4, -0.2) is 96.7 Å². The maximum atomic E-state index is 13.1. The minimum atomic E-state index is -5.00. The summed E-state index contributed by atoms with van der Waals surface area (Å²) in [6.45, 7) is 4.52. The summed E-state index contributed by atoms with van der Waals surface area (Å²) < 4.78 is 68.6. The highest BCUT2D eigenvalue weighted by Crippen LogP contribution is 2.45. The third kappa shape index (κ3) is 77.1. The average Bonchev–Trinajstić information content (AvgIpc) is 0.901. The molecule has 0 radical (unpaired) electrons. The second-order valence-electron chi connectivity index (χ2n) is 27.0. The number of esters is 4. The minimum Gasteiger partial charge on any atom is -0.462 e. The molecule has 0 aromatic carbocycles. The summed E-state index contributed by atoms with van der Waals surface area (Å²) in [5.41, 5.74) is 0. The molecule has 606 valence electrons. The highest BCUT2D eigenvalue weighted by Gasteiger charge is 2.30. The Balaban J connectivity index is 5.44. The van der Waals surface area contributed by atoms with E-state index in [-0.39, 0.29) is 25.7 Å². The first-order valence-corrected chi connectivity index (χ1v) is 44.1. The number of rotatable bonds is 76. The lowest BCUT2D eigenvalue weighted by Crippen LogP contribution is -2.30. The smallest absolute Gasteiger partial charge is 0.462 e. The minimum absolute atomic E-state index is 0.0313. The van der Waals surface area contributed by atoms with Gasteiger partial charge >= 0.3 is 39.5 Å². The number of aliphatic hydroxyl groups is 1. The number of aliphatic hydroxyl groups excluding tert-OH is 1. The standard InChI is InChI=1S/C87H146O17P2/c1-5-9-13-17-21-25-29-33-36-38-40-42-45-48-51-55-59-63-67-71-84(89)97-77-82(103-86(91)73-69-65-61-57-53-47-32-28-24-20-16-12-8-4)79-101-105(93,94)99-75-81(88)76-100-106(95,96)102-80-83(104-87(92)74-70-66-62-58-54-50-44-35-31-27-23-19-15-11-7-3)78-98-85(90)72-68-64-60-56-52-49-46-43-41-39-37-34-30-26-22-18-14-10-6-2/h9-10,13-14,21-22,25-26,28,32-34,36-37,40-43,48-49,51-52,59,63,81-83,88H,5-8,11-12,15-20,23-24,27,29-31,35,38-39,44-47,50,53-58,60-62,64-80H2,1-4H3,(H,93,94)(H,95,96)/b13-9-,14-10-,25-21-,26-22-,32-28-,36-33-,37-34-,42-40-,43-41-,51-48-,52-49-,63-59-. The fourth-order valence-electron chi connectivity index (χ4n) is 10.6. The third-order valence-electron chi connectivity index (χ3n) is 16.8. The molecule has 0 aliphatic carbocycles. The van der Waals surface area contributed by atoms with Gasteiger partial charge in [0.1, 0.15) is 19.3 Å². The van der Waals surface area contributed by atoms with E-state index in [0.717, 1.165) is 148 Å². The fourth-order valence-corrected chi connectivity index (χ4v) is 12.2. The van der Waals surface area contributed by atoms with Crippen molar-refractivity contribution >= 4 is 39.5 Å². The van der Waals surface area contributed by atoms with Crippen molar-refractivity contribution in [1.82, 2.24) is 0 Å². The van der Waals surface area contributed by atoms with Crippen molar-refractivity contribution in [2.75, 3.05) is 39.6 Å². The topological polar surface area (TPSA) is 237 Å². The van der Waals surface area contributed by atoms with Crippen LogP contribution in [0.2, 0.25) is 0 Å². The Labute approximate surface area is 643 Å². The molecule has 0 aliphatic rings. The Morgan fingerprint density at radius 1 is 0.274 bits per heavy atom. The van der Waals surface area contributed by atoms with Crippen molar-refractivity contribution in [2.24, 2.45) is 0 Å². The van der Waals surface area contributed by atoms with Crippen LogP contribution in [0.5, 0.6) is 0 Å². The van der Waals surface area contributed by atoms with Crippen LogP contribution in [0.1, 0.15) is 323 Å². The summed E-state index contributed by atoms with van der Waals surface area (Å²) in [4.78, 5) is 73.1. The molecule has 0 aromatic heterocycles. The van der Waals surface area contributed by atoms with E-state index in [1.165, 1.54) is 89.9 Å². The van der Waals surface area contributed by atoms with Gasteiger partial charge in [-0.15, -0.1) is 0 Å². The lowest BCUT2D eigenvalue weighted by molar-refractivity contribution is -0.161. The second-order valence-corrected chi connectivity index (χ2v) is 29.9. The molecular weight excluding hydrogens is 1380 g/mol. The number of phosphoric ester groups is 2. The van der Waals surface area contributed by atoms with Crippen LogP contribution in [0.25, 0.3) is 0 Å². The number of phosphoric acid groups is 2. The van der Waals surface area contributed by atoms with Crippen molar-refractivity contribution in [3.8, 4) is 0 Å². The highest BCUT2D eigenvalue weighted by molar-refractivity contribution is 7.47. The molecule has 0 heterocycles. The van der Waals surface area contributed by atoms with Gasteiger partial charge in [-0.3, -0.25) is 37.3 Å². The Hall–Kier alpha value is -5.06. The molecule has 0 aliphatic heterocycles. The first-order valence-electron chi connectivity index (χ1n) is 41.1. The highest BCUT2D eigenvalue weighted by atomic mass is 31.2. The first-order chi connectivity index (χ1) is 51.7. The number of allylic oxidation sites excluding steroid dienone is 24. The van der Waals surface area contributed by atoms with Gasteiger partial charge in [-0.25, -0.2) is 9.13 Å². The van der Waals surface area contributed by atoms with Crippen molar-refractivity contribution in [3.63, 3.8) is 0 Å². The van der Waals surface area contributed by atoms with Crippen LogP contribution in [0.4, 0.5) is 0 Å². The van der Waals surface area contributed by atoms with E-state index in [1.54, 1.807) is 0 Å². The summed E-state index contributed by atoms with van der Waals surface area (Å²) >= 11 is 0. The average molecular weight is 1530 g/mol. The first kappa shape index (κ1) is 101. The maximum absolute atomic E-state index is 13.1. The molecule has 5 atom stereocenters. The number of hydrogen-bond donors (Lipinski definition) is 3. The Bertz CT molecular complexity index is 2580. The van der Waals surface area contributed by atoms with Crippen molar-refractivity contribution in [3.05, 3.63) is 146 Å². The summed E-state index contributed by atoms with van der Waals surface area (Å²) in [6, 6.07) is 0. The summed E-state index contributed by atoms with van der Waals surface area (Å²) in [5, 5.41) is 10.6. The summed E-state index contributed by atoms with van der Waals surface area (Å²) in [7, 11) is -9.99. The number of ether oxygens (including phenoxy) is 4. The van der Waals surface area contributed by atoms with Crippen LogP contribution in [0, 0.1) is 0 Å². The van der Waals surface area contributed by atoms with Crippen LogP contribution in [-0.2, 0) is 65.4 Å². The Kier molecular flexibility index (Phi) is 74.3. The van der Waals surface area contributed by atoms with Crippen LogP contribution < -0.4 is 0 Å². The zero-order chi connectivity index (χ0) is 77.4. The second kappa shape index (κ2) is 78.1. The van der Waals surface area contributed by atoms with E-state index >= 15 is 0 Å². The van der Waals surface area contributed by atoms with Gasteiger partial charge in [0.2, 0.25) is 0 Å². The predicted octanol–water partition coefficient (Wildman–Crippen LogP) is 24.2. The normalized spacial score (nSPS) is 14.6. The molecule has 0 amide bonds. The molecule has 0 bridgehead atoms. The quantitative estimate of drug-likeness (QED) is 0.0169. The Morgan fingerprint density at radius 3 is 0.840 bits per heavy atom. The summed E-state index contributed by atoms with van der Waals surface area (Å²) in [5.74, 6) is -2.31. The molecule has 5 unspecified atom stereocenters. The van der Waals surface area contributed by atoms with E-state index in [1.807, 2.05) is 18.2 Å². The van der Waals surface area contributed by atoms with Gasteiger partial charge in [-0.2, -0.15) is 0 Å². The number of carbonyl (C=O) groups is 4. The molecule has 0 rings (SSSR count). The number of carbonyl (C=O) groups excluding carboxylic acids is 4. The molecule has 0 fully saturated rings. The van der Waals surface area contributed by atoms with Crippen molar-refractivity contribution in [2.45, 2.75) is 341 Å². The lowest BCUT2D eigenvalue weighted by Gasteiger charge is -2.21. The van der Waals surface area contributed by atoms with Gasteiger partial charge in [-0.1, -0.05) is 308 Å². The van der Waals surface area contributed by atoms with Crippen LogP contribution in [0.3, 0.4) is 0 Å².